The molecule has 2 rings (SSSR count). The zero-order valence-electron chi connectivity index (χ0n) is 12.1. The van der Waals surface area contributed by atoms with Gasteiger partial charge in [-0.05, 0) is 26.8 Å². The van der Waals surface area contributed by atoms with E-state index in [2.05, 4.69) is 31.1 Å². The third-order valence-electron chi connectivity index (χ3n) is 3.06. The van der Waals surface area contributed by atoms with Crippen LogP contribution in [0.1, 0.15) is 39.3 Å². The first-order chi connectivity index (χ1) is 9.03. The van der Waals surface area contributed by atoms with E-state index in [1.54, 1.807) is 0 Å². The van der Waals surface area contributed by atoms with E-state index >= 15 is 0 Å². The van der Waals surface area contributed by atoms with Crippen LogP contribution < -0.4 is 10.1 Å². The van der Waals surface area contributed by atoms with Gasteiger partial charge in [-0.15, -0.1) is 0 Å². The fourth-order valence-electron chi connectivity index (χ4n) is 1.97. The minimum Gasteiger partial charge on any atom is -0.490 e. The summed E-state index contributed by atoms with van der Waals surface area (Å²) in [6.45, 7) is 8.80. The molecule has 1 aliphatic heterocycles. The summed E-state index contributed by atoms with van der Waals surface area (Å²) in [5.41, 5.74) is 1.11. The molecule has 0 bridgehead atoms. The van der Waals surface area contributed by atoms with Gasteiger partial charge in [-0.1, -0.05) is 0 Å². The van der Waals surface area contributed by atoms with Crippen LogP contribution in [0.5, 0.6) is 5.75 Å². The Kier molecular flexibility index (Phi) is 4.77. The molecule has 4 nitrogen and oxygen atoms in total. The van der Waals surface area contributed by atoms with Crippen molar-refractivity contribution in [1.29, 1.82) is 0 Å². The molecule has 0 spiro atoms. The molecular weight excluding hydrogens is 240 g/mol. The number of aromatic nitrogens is 1. The van der Waals surface area contributed by atoms with E-state index in [1.807, 2.05) is 18.3 Å². The van der Waals surface area contributed by atoms with Crippen LogP contribution in [0.25, 0.3) is 0 Å². The summed E-state index contributed by atoms with van der Waals surface area (Å²) < 4.78 is 11.3. The molecule has 1 aromatic heterocycles. The summed E-state index contributed by atoms with van der Waals surface area (Å²) >= 11 is 0. The fourth-order valence-corrected chi connectivity index (χ4v) is 1.97. The van der Waals surface area contributed by atoms with Gasteiger partial charge in [-0.2, -0.15) is 0 Å². The van der Waals surface area contributed by atoms with Gasteiger partial charge in [0, 0.05) is 37.2 Å². The van der Waals surface area contributed by atoms with Gasteiger partial charge in [0.1, 0.15) is 11.9 Å². The lowest BCUT2D eigenvalue weighted by Crippen LogP contribution is -2.35. The van der Waals surface area contributed by atoms with E-state index in [0.717, 1.165) is 44.0 Å². The van der Waals surface area contributed by atoms with Gasteiger partial charge in [-0.25, -0.2) is 0 Å². The highest BCUT2D eigenvalue weighted by Gasteiger charge is 2.15. The molecule has 1 aliphatic rings. The Labute approximate surface area is 115 Å². The number of nitrogens with one attached hydrogen (secondary N) is 1. The fraction of sp³-hybridized carbons (Fsp3) is 0.667. The molecule has 106 valence electrons. The molecule has 4 heteroatoms. The highest BCUT2D eigenvalue weighted by atomic mass is 16.5. The van der Waals surface area contributed by atoms with Gasteiger partial charge in [0.15, 0.2) is 0 Å². The monoisotopic (exact) mass is 264 g/mol. The van der Waals surface area contributed by atoms with E-state index in [1.165, 1.54) is 0 Å². The van der Waals surface area contributed by atoms with Gasteiger partial charge in [0.05, 0.1) is 18.9 Å². The minimum absolute atomic E-state index is 0.0965. The van der Waals surface area contributed by atoms with E-state index in [9.17, 15) is 0 Å². The van der Waals surface area contributed by atoms with Crippen molar-refractivity contribution in [3.63, 3.8) is 0 Å². The maximum absolute atomic E-state index is 5.98. The average molecular weight is 264 g/mol. The van der Waals surface area contributed by atoms with Crippen molar-refractivity contribution < 1.29 is 9.47 Å². The molecule has 0 amide bonds. The molecule has 1 fully saturated rings. The molecule has 0 atom stereocenters. The van der Waals surface area contributed by atoms with Gasteiger partial charge >= 0.3 is 0 Å². The molecular formula is C15H24N2O2. The Bertz CT molecular complexity index is 395. The zero-order valence-corrected chi connectivity index (χ0v) is 12.1. The van der Waals surface area contributed by atoms with Crippen LogP contribution in [0, 0.1) is 0 Å². The van der Waals surface area contributed by atoms with Crippen molar-refractivity contribution in [2.75, 3.05) is 13.2 Å². The summed E-state index contributed by atoms with van der Waals surface area (Å²) in [6, 6.07) is 3.95. The predicted octanol–water partition coefficient (Wildman–Crippen LogP) is 2.53. The van der Waals surface area contributed by atoms with Gasteiger partial charge in [0.25, 0.3) is 0 Å². The Hall–Kier alpha value is -1.13. The van der Waals surface area contributed by atoms with Crippen molar-refractivity contribution in [3.8, 4) is 5.75 Å². The molecule has 0 unspecified atom stereocenters. The van der Waals surface area contributed by atoms with Crippen LogP contribution in [-0.2, 0) is 11.3 Å². The first-order valence-electron chi connectivity index (χ1n) is 6.97. The Morgan fingerprint density at radius 3 is 2.79 bits per heavy atom. The maximum atomic E-state index is 5.98. The second-order valence-electron chi connectivity index (χ2n) is 6.02. The topological polar surface area (TPSA) is 43.4 Å². The molecule has 0 aliphatic carbocycles. The van der Waals surface area contributed by atoms with Crippen molar-refractivity contribution >= 4 is 0 Å². The van der Waals surface area contributed by atoms with Crippen molar-refractivity contribution in [3.05, 3.63) is 24.0 Å². The highest BCUT2D eigenvalue weighted by molar-refractivity contribution is 5.23. The van der Waals surface area contributed by atoms with E-state index in [4.69, 9.17) is 9.47 Å². The standard InChI is InChI=1S/C15H24N2O2/c1-15(2,3)17-11-12-10-14(4-7-16-12)19-13-5-8-18-9-6-13/h4,7,10,13,17H,5-6,8-9,11H2,1-3H3. The van der Waals surface area contributed by atoms with E-state index in [-0.39, 0.29) is 11.6 Å². The van der Waals surface area contributed by atoms with E-state index in [0.29, 0.717) is 0 Å². The predicted molar refractivity (Wildman–Crippen MR) is 75.3 cm³/mol. The van der Waals surface area contributed by atoms with Gasteiger partial charge < -0.3 is 14.8 Å². The summed E-state index contributed by atoms with van der Waals surface area (Å²) in [5.74, 6) is 0.910. The van der Waals surface area contributed by atoms with Crippen molar-refractivity contribution in [1.82, 2.24) is 10.3 Å². The maximum Gasteiger partial charge on any atom is 0.123 e. The molecule has 0 radical (unpaired) electrons. The molecule has 19 heavy (non-hydrogen) atoms. The first kappa shape index (κ1) is 14.3. The number of nitrogens with zero attached hydrogens (tertiary/aromatic N) is 1. The number of pyridine rings is 1. The average Bonchev–Trinajstić information content (AvgIpc) is 2.37. The Morgan fingerprint density at radius 1 is 1.37 bits per heavy atom. The number of hydrogen-bond donors (Lipinski definition) is 1. The highest BCUT2D eigenvalue weighted by Crippen LogP contribution is 2.18. The van der Waals surface area contributed by atoms with Crippen LogP contribution >= 0.6 is 0 Å². The van der Waals surface area contributed by atoms with Crippen molar-refractivity contribution in [2.45, 2.75) is 51.8 Å². The van der Waals surface area contributed by atoms with Gasteiger partial charge in [0.2, 0.25) is 0 Å². The van der Waals surface area contributed by atoms with Crippen molar-refractivity contribution in [2.24, 2.45) is 0 Å². The SMILES string of the molecule is CC(C)(C)NCc1cc(OC2CCOCC2)ccn1. The second-order valence-corrected chi connectivity index (χ2v) is 6.02. The largest absolute Gasteiger partial charge is 0.490 e. The normalized spacial score (nSPS) is 17.4. The smallest absolute Gasteiger partial charge is 0.123 e. The van der Waals surface area contributed by atoms with Crippen LogP contribution in [0.4, 0.5) is 0 Å². The van der Waals surface area contributed by atoms with E-state index < -0.39 is 0 Å². The lowest BCUT2D eigenvalue weighted by Gasteiger charge is -2.24. The number of ether oxygens (including phenoxy) is 2. The quantitative estimate of drug-likeness (QED) is 0.907. The summed E-state index contributed by atoms with van der Waals surface area (Å²) in [4.78, 5) is 4.37. The van der Waals surface area contributed by atoms with Crippen LogP contribution in [0.3, 0.4) is 0 Å². The Balaban J connectivity index is 1.90. The minimum atomic E-state index is 0.0965. The molecule has 1 saturated heterocycles. The van der Waals surface area contributed by atoms with Crippen LogP contribution in [0.15, 0.2) is 18.3 Å². The third-order valence-corrected chi connectivity index (χ3v) is 3.06. The molecule has 1 aromatic rings. The molecule has 0 aromatic carbocycles. The van der Waals surface area contributed by atoms with Crippen LogP contribution in [0.2, 0.25) is 0 Å². The second kappa shape index (κ2) is 6.35. The zero-order chi connectivity index (χ0) is 13.7. The summed E-state index contributed by atoms with van der Waals surface area (Å²) in [6.07, 6.45) is 4.03. The van der Waals surface area contributed by atoms with Crippen LogP contribution in [-0.4, -0.2) is 29.8 Å². The Morgan fingerprint density at radius 2 is 2.11 bits per heavy atom. The van der Waals surface area contributed by atoms with Gasteiger partial charge in [-0.3, -0.25) is 4.98 Å². The number of hydrogen-bond acceptors (Lipinski definition) is 4. The summed E-state index contributed by atoms with van der Waals surface area (Å²) in [5, 5.41) is 3.43. The molecule has 2 heterocycles. The summed E-state index contributed by atoms with van der Waals surface area (Å²) in [7, 11) is 0. The third kappa shape index (κ3) is 5.17. The molecule has 0 saturated carbocycles. The molecule has 1 N–H and O–H groups in total. The number of rotatable bonds is 4. The lowest BCUT2D eigenvalue weighted by molar-refractivity contribution is 0.0255. The lowest BCUT2D eigenvalue weighted by atomic mass is 10.1. The first-order valence-corrected chi connectivity index (χ1v) is 6.97.